The Kier molecular flexibility index (Phi) is 15.7. The number of hydrogen-bond donors (Lipinski definition) is 0. The topological polar surface area (TPSA) is 72.5 Å². The van der Waals surface area contributed by atoms with Gasteiger partial charge in [-0.1, -0.05) is 145 Å². The van der Waals surface area contributed by atoms with Crippen molar-refractivity contribution < 1.29 is 33.2 Å². The van der Waals surface area contributed by atoms with Crippen LogP contribution < -0.4 is 0 Å². The number of carbonyl (C=O) groups is 1. The van der Waals surface area contributed by atoms with Gasteiger partial charge in [0.15, 0.2) is 18.7 Å². The van der Waals surface area contributed by atoms with Gasteiger partial charge >= 0.3 is 5.97 Å². The molecule has 2 aromatic rings. The Morgan fingerprint density at radius 2 is 1.34 bits per heavy atom. The SMILES string of the molecule is CCCCCCCCCCCCCCCC(=O)O[C@H]1[C@@H](OC)O[C@@H]2CO[C@@H](c3ccccc3)O[C@H]2[C@@H]1OCc1ccccc1. The van der Waals surface area contributed by atoms with Gasteiger partial charge in [-0.2, -0.15) is 0 Å². The van der Waals surface area contributed by atoms with Crippen LogP contribution in [-0.2, 0) is 39.8 Å². The van der Waals surface area contributed by atoms with Crippen molar-refractivity contribution in [2.24, 2.45) is 0 Å². The number of esters is 1. The van der Waals surface area contributed by atoms with Crippen LogP contribution in [0.1, 0.15) is 114 Å². The zero-order chi connectivity index (χ0) is 30.8. The van der Waals surface area contributed by atoms with Crippen LogP contribution >= 0.6 is 0 Å². The van der Waals surface area contributed by atoms with Crippen molar-refractivity contribution >= 4 is 5.97 Å². The van der Waals surface area contributed by atoms with E-state index in [-0.39, 0.29) is 5.97 Å². The summed E-state index contributed by atoms with van der Waals surface area (Å²) >= 11 is 0. The molecule has 4 rings (SSSR count). The summed E-state index contributed by atoms with van der Waals surface area (Å²) in [6, 6.07) is 19.8. The van der Waals surface area contributed by atoms with Gasteiger partial charge in [-0.25, -0.2) is 0 Å². The summed E-state index contributed by atoms with van der Waals surface area (Å²) in [5.41, 5.74) is 1.94. The Hall–Kier alpha value is -2.29. The van der Waals surface area contributed by atoms with Gasteiger partial charge in [-0.05, 0) is 12.0 Å². The van der Waals surface area contributed by atoms with Crippen LogP contribution in [0.2, 0.25) is 0 Å². The average molecular weight is 611 g/mol. The monoisotopic (exact) mass is 610 g/mol. The second-order valence-corrected chi connectivity index (χ2v) is 12.2. The molecular weight excluding hydrogens is 556 g/mol. The molecule has 0 spiro atoms. The molecule has 2 saturated heterocycles. The largest absolute Gasteiger partial charge is 0.454 e. The maximum absolute atomic E-state index is 13.1. The second-order valence-electron chi connectivity index (χ2n) is 12.2. The number of hydrogen-bond acceptors (Lipinski definition) is 7. The van der Waals surface area contributed by atoms with E-state index in [0.29, 0.717) is 19.6 Å². The molecular formula is C37H54O7. The summed E-state index contributed by atoms with van der Waals surface area (Å²) in [5.74, 6) is -0.262. The summed E-state index contributed by atoms with van der Waals surface area (Å²) in [5, 5.41) is 0. The fraction of sp³-hybridized carbons (Fsp3) is 0.649. The van der Waals surface area contributed by atoms with E-state index in [2.05, 4.69) is 6.92 Å². The van der Waals surface area contributed by atoms with E-state index in [4.69, 9.17) is 28.4 Å². The molecule has 0 N–H and O–H groups in total. The van der Waals surface area contributed by atoms with Gasteiger partial charge in [-0.3, -0.25) is 4.79 Å². The first-order valence-corrected chi connectivity index (χ1v) is 17.0. The molecule has 0 amide bonds. The molecule has 2 fully saturated rings. The first kappa shape index (κ1) is 34.6. The Labute approximate surface area is 264 Å². The third kappa shape index (κ3) is 11.3. The molecule has 0 bridgehead atoms. The highest BCUT2D eigenvalue weighted by Crippen LogP contribution is 2.37. The van der Waals surface area contributed by atoms with Crippen LogP contribution in [0.3, 0.4) is 0 Å². The average Bonchev–Trinajstić information content (AvgIpc) is 3.06. The zero-order valence-electron chi connectivity index (χ0n) is 26.9. The highest BCUT2D eigenvalue weighted by atomic mass is 16.8. The number of unbranched alkanes of at least 4 members (excludes halogenated alkanes) is 12. The van der Waals surface area contributed by atoms with Gasteiger partial charge in [-0.15, -0.1) is 0 Å². The molecule has 7 heteroatoms. The lowest BCUT2D eigenvalue weighted by Crippen LogP contribution is -2.63. The molecule has 0 radical (unpaired) electrons. The van der Waals surface area contributed by atoms with E-state index >= 15 is 0 Å². The van der Waals surface area contributed by atoms with Gasteiger partial charge in [0.25, 0.3) is 0 Å². The molecule has 0 saturated carbocycles. The second kappa shape index (κ2) is 20.0. The summed E-state index contributed by atoms with van der Waals surface area (Å²) in [6.45, 7) is 2.93. The number of carbonyl (C=O) groups excluding carboxylic acids is 1. The molecule has 0 aromatic heterocycles. The van der Waals surface area contributed by atoms with Crippen molar-refractivity contribution in [2.45, 2.75) is 140 Å². The van der Waals surface area contributed by atoms with Crippen LogP contribution in [0.25, 0.3) is 0 Å². The fourth-order valence-corrected chi connectivity index (χ4v) is 6.10. The molecule has 0 unspecified atom stereocenters. The zero-order valence-corrected chi connectivity index (χ0v) is 26.9. The number of ether oxygens (including phenoxy) is 6. The molecule has 2 aromatic carbocycles. The third-order valence-corrected chi connectivity index (χ3v) is 8.63. The quantitative estimate of drug-likeness (QED) is 0.110. The van der Waals surface area contributed by atoms with Crippen molar-refractivity contribution in [3.8, 4) is 0 Å². The van der Waals surface area contributed by atoms with Gasteiger partial charge in [0.05, 0.1) is 13.2 Å². The van der Waals surface area contributed by atoms with Crippen molar-refractivity contribution in [3.05, 3.63) is 71.8 Å². The van der Waals surface area contributed by atoms with Crippen LogP contribution in [0.5, 0.6) is 0 Å². The van der Waals surface area contributed by atoms with Crippen molar-refractivity contribution in [1.82, 2.24) is 0 Å². The van der Waals surface area contributed by atoms with Crippen LogP contribution in [0.15, 0.2) is 60.7 Å². The Morgan fingerprint density at radius 3 is 1.95 bits per heavy atom. The molecule has 7 nitrogen and oxygen atoms in total. The van der Waals surface area contributed by atoms with E-state index < -0.39 is 37.0 Å². The van der Waals surface area contributed by atoms with Gasteiger partial charge in [0, 0.05) is 19.1 Å². The van der Waals surface area contributed by atoms with E-state index in [1.807, 2.05) is 60.7 Å². The molecule has 6 atom stereocenters. The number of rotatable bonds is 20. The molecule has 2 aliphatic rings. The maximum atomic E-state index is 13.1. The Morgan fingerprint density at radius 1 is 0.750 bits per heavy atom. The maximum Gasteiger partial charge on any atom is 0.306 e. The Bertz CT molecular complexity index is 1030. The summed E-state index contributed by atoms with van der Waals surface area (Å²) < 4.78 is 36.9. The summed E-state index contributed by atoms with van der Waals surface area (Å²) in [4.78, 5) is 13.1. The molecule has 244 valence electrons. The summed E-state index contributed by atoms with van der Waals surface area (Å²) in [6.07, 6.45) is 13.1. The molecule has 0 aliphatic carbocycles. The third-order valence-electron chi connectivity index (χ3n) is 8.63. The van der Waals surface area contributed by atoms with E-state index in [0.717, 1.165) is 30.4 Å². The minimum absolute atomic E-state index is 0.262. The lowest BCUT2D eigenvalue weighted by molar-refractivity contribution is -0.364. The fourth-order valence-electron chi connectivity index (χ4n) is 6.10. The van der Waals surface area contributed by atoms with Crippen molar-refractivity contribution in [1.29, 1.82) is 0 Å². The standard InChI is InChI=1S/C37H54O7/c1-3-4-5-6-7-8-9-10-11-12-13-14-21-26-32(38)43-35-34(40-27-29-22-17-15-18-23-29)33-31(42-37(35)39-2)28-41-36(44-33)30-24-19-16-20-25-30/h15-20,22-25,31,33-37H,3-14,21,26-28H2,1-2H3/t31-,33-,34+,35-,36-,37+/m1/s1. The molecule has 44 heavy (non-hydrogen) atoms. The minimum Gasteiger partial charge on any atom is -0.454 e. The number of fused-ring (bicyclic) bond motifs is 1. The van der Waals surface area contributed by atoms with Crippen LogP contribution in [-0.4, -0.2) is 50.4 Å². The van der Waals surface area contributed by atoms with Crippen LogP contribution in [0, 0.1) is 0 Å². The minimum atomic E-state index is -0.784. The lowest BCUT2D eigenvalue weighted by Gasteiger charge is -2.48. The van der Waals surface area contributed by atoms with Gasteiger partial charge in [0.2, 0.25) is 0 Å². The number of benzene rings is 2. The highest BCUT2D eigenvalue weighted by molar-refractivity contribution is 5.69. The van der Waals surface area contributed by atoms with Crippen LogP contribution in [0.4, 0.5) is 0 Å². The highest BCUT2D eigenvalue weighted by Gasteiger charge is 2.52. The first-order chi connectivity index (χ1) is 21.7. The smallest absolute Gasteiger partial charge is 0.306 e. The van der Waals surface area contributed by atoms with Gasteiger partial charge in [0.1, 0.15) is 18.3 Å². The lowest BCUT2D eigenvalue weighted by atomic mass is 9.97. The van der Waals surface area contributed by atoms with E-state index in [1.54, 1.807) is 7.11 Å². The summed E-state index contributed by atoms with van der Waals surface area (Å²) in [7, 11) is 1.56. The van der Waals surface area contributed by atoms with Crippen molar-refractivity contribution in [3.63, 3.8) is 0 Å². The number of methoxy groups -OCH3 is 1. The molecule has 2 heterocycles. The van der Waals surface area contributed by atoms with E-state index in [9.17, 15) is 4.79 Å². The Balaban J connectivity index is 1.26. The molecule has 2 aliphatic heterocycles. The van der Waals surface area contributed by atoms with Crippen molar-refractivity contribution in [2.75, 3.05) is 13.7 Å². The van der Waals surface area contributed by atoms with Gasteiger partial charge < -0.3 is 28.4 Å². The first-order valence-electron chi connectivity index (χ1n) is 17.0. The van der Waals surface area contributed by atoms with E-state index in [1.165, 1.54) is 64.2 Å². The normalized spacial score (nSPS) is 25.0. The predicted octanol–water partition coefficient (Wildman–Crippen LogP) is 8.45. The predicted molar refractivity (Wildman–Crippen MR) is 171 cm³/mol.